The van der Waals surface area contributed by atoms with Crippen LogP contribution in [0.15, 0.2) is 27.4 Å². The lowest BCUT2D eigenvalue weighted by Crippen LogP contribution is -2.29. The van der Waals surface area contributed by atoms with Gasteiger partial charge in [0.25, 0.3) is 11.8 Å². The molecular formula is C27H46BrN2O8P. The summed E-state index contributed by atoms with van der Waals surface area (Å²) in [7, 11) is -4.56. The first kappa shape index (κ1) is 33.8. The number of aryl methyl sites for hydroxylation is 1. The predicted octanol–water partition coefficient (Wildman–Crippen LogP) is 7.78. The SMILES string of the molecule is CCCCCCCCCCCCCCCCc1cc(OCC(CC(Br)COP(=O)(O)O)Oc2ccon2)no1. The van der Waals surface area contributed by atoms with E-state index in [1.165, 1.54) is 89.7 Å². The molecule has 224 valence electrons. The van der Waals surface area contributed by atoms with Gasteiger partial charge in [0.2, 0.25) is 0 Å². The molecule has 0 saturated heterocycles. The van der Waals surface area contributed by atoms with Crippen molar-refractivity contribution < 1.29 is 37.4 Å². The number of alkyl halides is 1. The van der Waals surface area contributed by atoms with Crippen molar-refractivity contribution in [2.45, 2.75) is 121 Å². The highest BCUT2D eigenvalue weighted by Crippen LogP contribution is 2.36. The quantitative estimate of drug-likeness (QED) is 0.0631. The van der Waals surface area contributed by atoms with Crippen molar-refractivity contribution in [1.82, 2.24) is 10.3 Å². The normalized spacial score (nSPS) is 13.4. The van der Waals surface area contributed by atoms with Gasteiger partial charge in [-0.1, -0.05) is 106 Å². The zero-order chi connectivity index (χ0) is 28.2. The first-order valence-electron chi connectivity index (χ1n) is 14.3. The molecule has 0 saturated carbocycles. The lowest BCUT2D eigenvalue weighted by Gasteiger charge is -2.20. The van der Waals surface area contributed by atoms with E-state index in [1.807, 2.05) is 0 Å². The van der Waals surface area contributed by atoms with E-state index >= 15 is 0 Å². The summed E-state index contributed by atoms with van der Waals surface area (Å²) >= 11 is 3.36. The average molecular weight is 638 g/mol. The minimum absolute atomic E-state index is 0.121. The molecule has 2 N–H and O–H groups in total. The molecule has 2 atom stereocenters. The lowest BCUT2D eigenvalue weighted by atomic mass is 10.0. The number of ether oxygens (including phenoxy) is 2. The van der Waals surface area contributed by atoms with Crippen LogP contribution in [0.25, 0.3) is 0 Å². The molecule has 2 aromatic heterocycles. The second-order valence-electron chi connectivity index (χ2n) is 9.99. The Morgan fingerprint density at radius 1 is 0.897 bits per heavy atom. The minimum Gasteiger partial charge on any atom is -0.472 e. The molecule has 0 spiro atoms. The average Bonchev–Trinajstić information content (AvgIpc) is 3.58. The van der Waals surface area contributed by atoms with Crippen LogP contribution in [0.1, 0.15) is 109 Å². The van der Waals surface area contributed by atoms with Gasteiger partial charge in [0, 0.05) is 29.8 Å². The van der Waals surface area contributed by atoms with Crippen molar-refractivity contribution in [2.75, 3.05) is 13.2 Å². The molecule has 2 aromatic rings. The molecule has 0 bridgehead atoms. The number of hydrogen-bond acceptors (Lipinski definition) is 8. The van der Waals surface area contributed by atoms with E-state index in [1.54, 1.807) is 12.1 Å². The fraction of sp³-hybridized carbons (Fsp3) is 0.778. The van der Waals surface area contributed by atoms with Gasteiger partial charge in [0.1, 0.15) is 24.7 Å². The molecule has 12 heteroatoms. The number of hydrogen-bond donors (Lipinski definition) is 2. The van der Waals surface area contributed by atoms with Gasteiger partial charge in [-0.3, -0.25) is 4.52 Å². The molecule has 0 aliphatic carbocycles. The predicted molar refractivity (Wildman–Crippen MR) is 152 cm³/mol. The summed E-state index contributed by atoms with van der Waals surface area (Å²) < 4.78 is 37.3. The monoisotopic (exact) mass is 636 g/mol. The van der Waals surface area contributed by atoms with Crippen molar-refractivity contribution in [2.24, 2.45) is 0 Å². The summed E-state index contributed by atoms with van der Waals surface area (Å²) in [5.41, 5.74) is 0. The van der Waals surface area contributed by atoms with Gasteiger partial charge >= 0.3 is 7.82 Å². The molecule has 2 unspecified atom stereocenters. The van der Waals surface area contributed by atoms with Gasteiger partial charge in [0.05, 0.1) is 6.61 Å². The standard InChI is InChI=1S/C27H46BrN2O8P/c1-2-3-4-5-6-7-8-9-10-11-12-13-14-15-16-24-20-27(30-38-24)34-22-25(37-26-17-18-35-29-26)19-23(28)21-36-39(31,32)33/h17-18,20,23,25H,2-16,19,21-22H2,1H3,(H2,31,32,33). The van der Waals surface area contributed by atoms with Crippen LogP contribution in [0.2, 0.25) is 0 Å². The summed E-state index contributed by atoms with van der Waals surface area (Å²) in [6.45, 7) is 2.19. The maximum absolute atomic E-state index is 11.0. The summed E-state index contributed by atoms with van der Waals surface area (Å²) in [6.07, 6.45) is 20.5. The Morgan fingerprint density at radius 3 is 2.08 bits per heavy atom. The van der Waals surface area contributed by atoms with Crippen LogP contribution in [0.5, 0.6) is 11.8 Å². The van der Waals surface area contributed by atoms with Crippen LogP contribution in [-0.4, -0.2) is 44.2 Å². The van der Waals surface area contributed by atoms with Gasteiger partial charge in [-0.25, -0.2) is 4.57 Å². The Labute approximate surface area is 240 Å². The Kier molecular flexibility index (Phi) is 17.8. The number of phosphoric ester groups is 1. The zero-order valence-corrected chi connectivity index (χ0v) is 25.7. The van der Waals surface area contributed by atoms with Crippen molar-refractivity contribution in [3.63, 3.8) is 0 Å². The molecule has 2 heterocycles. The van der Waals surface area contributed by atoms with Crippen LogP contribution >= 0.6 is 23.8 Å². The third-order valence-electron chi connectivity index (χ3n) is 6.37. The van der Waals surface area contributed by atoms with Crippen molar-refractivity contribution in [1.29, 1.82) is 0 Å². The maximum Gasteiger partial charge on any atom is 0.469 e. The number of phosphoric acid groups is 1. The van der Waals surface area contributed by atoms with E-state index in [-0.39, 0.29) is 23.9 Å². The van der Waals surface area contributed by atoms with E-state index in [4.69, 9.17) is 28.3 Å². The third kappa shape index (κ3) is 17.8. The number of halogens is 1. The van der Waals surface area contributed by atoms with Crippen LogP contribution < -0.4 is 9.47 Å². The molecule has 0 aromatic carbocycles. The van der Waals surface area contributed by atoms with Crippen LogP contribution in [-0.2, 0) is 15.5 Å². The van der Waals surface area contributed by atoms with E-state index in [9.17, 15) is 4.57 Å². The van der Waals surface area contributed by atoms with E-state index in [2.05, 4.69) is 37.7 Å². The molecule has 39 heavy (non-hydrogen) atoms. The Balaban J connectivity index is 1.57. The van der Waals surface area contributed by atoms with Crippen molar-refractivity contribution >= 4 is 23.8 Å². The van der Waals surface area contributed by atoms with Crippen LogP contribution in [0.4, 0.5) is 0 Å². The molecule has 2 rings (SSSR count). The van der Waals surface area contributed by atoms with Crippen LogP contribution in [0, 0.1) is 0 Å². The number of aromatic nitrogens is 2. The fourth-order valence-corrected chi connectivity index (χ4v) is 5.39. The van der Waals surface area contributed by atoms with Gasteiger partial charge in [-0.05, 0) is 16.7 Å². The lowest BCUT2D eigenvalue weighted by molar-refractivity contribution is 0.101. The fourth-order valence-electron chi connectivity index (χ4n) is 4.27. The highest BCUT2D eigenvalue weighted by Gasteiger charge is 2.22. The molecule has 0 amide bonds. The van der Waals surface area contributed by atoms with Crippen molar-refractivity contribution in [3.05, 3.63) is 24.2 Å². The van der Waals surface area contributed by atoms with Gasteiger partial charge in [-0.15, -0.1) is 0 Å². The van der Waals surface area contributed by atoms with Crippen LogP contribution in [0.3, 0.4) is 0 Å². The zero-order valence-electron chi connectivity index (χ0n) is 23.2. The van der Waals surface area contributed by atoms with Gasteiger partial charge < -0.3 is 28.3 Å². The Hall–Kier alpha value is -1.39. The highest BCUT2D eigenvalue weighted by atomic mass is 79.9. The first-order valence-corrected chi connectivity index (χ1v) is 16.8. The van der Waals surface area contributed by atoms with Gasteiger partial charge in [0.15, 0.2) is 0 Å². The molecule has 0 radical (unpaired) electrons. The number of unbranched alkanes of at least 4 members (excludes halogenated alkanes) is 13. The smallest absolute Gasteiger partial charge is 0.469 e. The van der Waals surface area contributed by atoms with Crippen molar-refractivity contribution in [3.8, 4) is 11.8 Å². The topological polar surface area (TPSA) is 137 Å². The molecule has 0 fully saturated rings. The molecule has 10 nitrogen and oxygen atoms in total. The summed E-state index contributed by atoms with van der Waals surface area (Å²) in [5.74, 6) is 1.42. The summed E-state index contributed by atoms with van der Waals surface area (Å²) in [4.78, 5) is 17.4. The van der Waals surface area contributed by atoms with E-state index < -0.39 is 13.9 Å². The van der Waals surface area contributed by atoms with Gasteiger partial charge in [-0.2, -0.15) is 0 Å². The molecule has 0 aliphatic heterocycles. The Morgan fingerprint density at radius 2 is 1.51 bits per heavy atom. The second kappa shape index (κ2) is 20.5. The summed E-state index contributed by atoms with van der Waals surface area (Å²) in [5, 5.41) is 7.73. The summed E-state index contributed by atoms with van der Waals surface area (Å²) in [6, 6.07) is 3.35. The largest absolute Gasteiger partial charge is 0.472 e. The Bertz CT molecular complexity index is 892. The van der Waals surface area contributed by atoms with E-state index in [0.29, 0.717) is 12.3 Å². The molecule has 0 aliphatic rings. The third-order valence-corrected chi connectivity index (χ3v) is 7.50. The highest BCUT2D eigenvalue weighted by molar-refractivity contribution is 9.09. The second-order valence-corrected chi connectivity index (χ2v) is 12.5. The molecular weight excluding hydrogens is 591 g/mol. The minimum atomic E-state index is -4.56. The number of rotatable bonds is 25. The maximum atomic E-state index is 11.0. The first-order chi connectivity index (χ1) is 18.9. The van der Waals surface area contributed by atoms with E-state index in [0.717, 1.165) is 18.6 Å². The number of nitrogens with zero attached hydrogens (tertiary/aromatic N) is 2.